The average Bonchev–Trinajstić information content (AvgIpc) is 0. The van der Waals surface area contributed by atoms with Crippen LogP contribution in [0, 0.1) is 0 Å². The van der Waals surface area contributed by atoms with Gasteiger partial charge in [0.15, 0.2) is 0 Å². The van der Waals surface area contributed by atoms with Crippen molar-refractivity contribution in [3.8, 4) is 0 Å². The van der Waals surface area contributed by atoms with Crippen molar-refractivity contribution in [1.82, 2.24) is 0 Å². The summed E-state index contributed by atoms with van der Waals surface area (Å²) in [7, 11) is 0. The third-order valence-electron chi connectivity index (χ3n) is 0. The maximum atomic E-state index is 0. The van der Waals surface area contributed by atoms with Gasteiger partial charge in [-0.3, -0.25) is 0 Å². The quantitative estimate of drug-likeness (QED) is 0.329. The van der Waals surface area contributed by atoms with Crippen LogP contribution >= 0.6 is 0 Å². The molecule has 0 aromatic rings. The molecular formula is H15BiGe3. The Morgan fingerprint density at radius 2 is 0.500 bits per heavy atom. The van der Waals surface area contributed by atoms with Gasteiger partial charge in [-0.15, -0.1) is 0 Å². The van der Waals surface area contributed by atoms with Gasteiger partial charge in [-0.05, 0) is 0 Å². The Morgan fingerprint density at radius 3 is 0.500 bits per heavy atom. The SMILES string of the molecule is [Bi+3].[GeH5-].[GeH5-].[GeH5-]. The Kier molecular flexibility index (Phi) is 139. The van der Waals surface area contributed by atoms with Gasteiger partial charge in [0.05, 0.1) is 0 Å². The number of rotatable bonds is 0. The zero-order chi connectivity index (χ0) is 0. The summed E-state index contributed by atoms with van der Waals surface area (Å²) in [6.07, 6.45) is 0. The molecule has 0 amide bonds. The van der Waals surface area contributed by atoms with Crippen molar-refractivity contribution in [2.45, 2.75) is 0 Å². The Balaban J connectivity index is 0. The van der Waals surface area contributed by atoms with Crippen LogP contribution in [0.2, 0.25) is 0 Å². The third kappa shape index (κ3) is 8.82. The van der Waals surface area contributed by atoms with Gasteiger partial charge in [0.2, 0.25) is 0 Å². The molecule has 0 atom stereocenters. The molecule has 0 bridgehead atoms. The molecule has 0 aromatic heterocycles. The molecule has 0 saturated carbocycles. The fraction of sp³-hybridized carbons (Fsp3) is 0. The van der Waals surface area contributed by atoms with E-state index in [-0.39, 0.29) is 79.0 Å². The predicted molar refractivity (Wildman–Crippen MR) is 43.9 cm³/mol. The van der Waals surface area contributed by atoms with Gasteiger partial charge < -0.3 is 0 Å². The second kappa shape index (κ2) is 17.8. The Morgan fingerprint density at radius 1 is 0.500 bits per heavy atom. The summed E-state index contributed by atoms with van der Waals surface area (Å²) in [5, 5.41) is 0. The van der Waals surface area contributed by atoms with Crippen molar-refractivity contribution < 1.29 is 0 Å². The third-order valence-corrected chi connectivity index (χ3v) is 0. The van der Waals surface area contributed by atoms with Crippen molar-refractivity contribution in [3.05, 3.63) is 0 Å². The molecular weight excluding hydrogens is 427 g/mol. The van der Waals surface area contributed by atoms with Gasteiger partial charge in [-0.25, -0.2) is 0 Å². The van der Waals surface area contributed by atoms with E-state index in [9.17, 15) is 0 Å². The molecule has 0 N–H and O–H groups in total. The minimum atomic E-state index is 0. The van der Waals surface area contributed by atoms with Crippen LogP contribution in [0.15, 0.2) is 0 Å². The van der Waals surface area contributed by atoms with Gasteiger partial charge in [0.1, 0.15) is 0 Å². The van der Waals surface area contributed by atoms with Crippen LogP contribution in [-0.2, 0) is 0 Å². The van der Waals surface area contributed by atoms with Crippen LogP contribution in [-0.4, -0.2) is 79.0 Å². The van der Waals surface area contributed by atoms with Crippen molar-refractivity contribution in [2.24, 2.45) is 0 Å². The monoisotopic (exact) mass is 446 g/mol. The van der Waals surface area contributed by atoms with Gasteiger partial charge in [0.25, 0.3) is 0 Å². The molecule has 0 rings (SSSR count). The second-order valence-corrected chi connectivity index (χ2v) is 0. The second-order valence-electron chi connectivity index (χ2n) is 0. The minimum absolute atomic E-state index is 0. The van der Waals surface area contributed by atoms with E-state index in [2.05, 4.69) is 0 Å². The zero-order valence-corrected chi connectivity index (χ0v) is 3.92. The molecule has 0 fully saturated rings. The molecule has 0 aliphatic heterocycles. The van der Waals surface area contributed by atoms with E-state index in [4.69, 9.17) is 0 Å². The van der Waals surface area contributed by atoms with E-state index in [1.54, 1.807) is 0 Å². The topological polar surface area (TPSA) is 0 Å². The van der Waals surface area contributed by atoms with Gasteiger partial charge in [-0.2, -0.15) is 0 Å². The first-order chi connectivity index (χ1) is 0. The van der Waals surface area contributed by atoms with Gasteiger partial charge in [0, 0.05) is 0 Å². The summed E-state index contributed by atoms with van der Waals surface area (Å²) in [6.45, 7) is 0. The number of hydrogen-bond donors (Lipinski definition) is 0. The van der Waals surface area contributed by atoms with Crippen LogP contribution in [0.1, 0.15) is 0 Å². The van der Waals surface area contributed by atoms with Crippen molar-refractivity contribution in [3.63, 3.8) is 0 Å². The molecule has 4 heteroatoms. The summed E-state index contributed by atoms with van der Waals surface area (Å²) < 4.78 is 0. The molecule has 0 saturated heterocycles. The predicted octanol–water partition coefficient (Wildman–Crippen LogP) is -5.54. The van der Waals surface area contributed by atoms with E-state index in [0.29, 0.717) is 0 Å². The molecule has 4 heavy (non-hydrogen) atoms. The Hall–Kier alpha value is 2.51. The molecule has 0 nitrogen and oxygen atoms in total. The van der Waals surface area contributed by atoms with Crippen LogP contribution in [0.3, 0.4) is 0 Å². The fourth-order valence-electron chi connectivity index (χ4n) is 0. The molecule has 0 aromatic carbocycles. The molecule has 32 valence electrons. The van der Waals surface area contributed by atoms with Crippen LogP contribution in [0.5, 0.6) is 0 Å². The van der Waals surface area contributed by atoms with E-state index >= 15 is 0 Å². The summed E-state index contributed by atoms with van der Waals surface area (Å²) in [5.74, 6) is 0. The van der Waals surface area contributed by atoms with Crippen molar-refractivity contribution in [2.75, 3.05) is 0 Å². The van der Waals surface area contributed by atoms with E-state index < -0.39 is 0 Å². The Bertz CT molecular complexity index is 3.25. The molecule has 0 heterocycles. The van der Waals surface area contributed by atoms with E-state index in [1.807, 2.05) is 0 Å². The first-order valence-electron chi connectivity index (χ1n) is 0. The Labute approximate surface area is 77.9 Å². The van der Waals surface area contributed by atoms with Gasteiger partial charge >= 0.3 is 79.0 Å². The first-order valence-corrected chi connectivity index (χ1v) is 0. The van der Waals surface area contributed by atoms with Crippen LogP contribution < -0.4 is 0 Å². The standard InChI is InChI=1S/Bi.3GeH5/h;3*1H5/q+3;3*-1. The van der Waals surface area contributed by atoms with Crippen LogP contribution in [0.25, 0.3) is 0 Å². The molecule has 0 spiro atoms. The average molecular weight is 442 g/mol. The summed E-state index contributed by atoms with van der Waals surface area (Å²) >= 11 is 0. The zero-order valence-electron chi connectivity index (χ0n) is 0.447. The van der Waals surface area contributed by atoms with Gasteiger partial charge in [-0.1, -0.05) is 0 Å². The summed E-state index contributed by atoms with van der Waals surface area (Å²) in [5.41, 5.74) is 0. The van der Waals surface area contributed by atoms with Crippen molar-refractivity contribution >= 4 is 79.0 Å². The summed E-state index contributed by atoms with van der Waals surface area (Å²) in [4.78, 5) is 0. The summed E-state index contributed by atoms with van der Waals surface area (Å²) in [6, 6.07) is 0. The van der Waals surface area contributed by atoms with E-state index in [1.165, 1.54) is 0 Å². The van der Waals surface area contributed by atoms with Crippen molar-refractivity contribution in [1.29, 1.82) is 0 Å². The molecule has 2 radical (unpaired) electrons. The normalized spacial score (nSPS) is 0. The number of hydrogen-bond acceptors (Lipinski definition) is 0. The fourth-order valence-corrected chi connectivity index (χ4v) is 0. The van der Waals surface area contributed by atoms with E-state index in [0.717, 1.165) is 0 Å². The first kappa shape index (κ1) is 31.4. The molecule has 0 unspecified atom stereocenters. The maximum absolute atomic E-state index is 0. The molecule has 0 aliphatic rings. The molecule has 0 aliphatic carbocycles. The van der Waals surface area contributed by atoms with Crippen LogP contribution in [0.4, 0.5) is 0 Å².